The average molecular weight is 237 g/mol. The number of aryl methyl sites for hydroxylation is 1. The highest BCUT2D eigenvalue weighted by atomic mass is 16.1. The van der Waals surface area contributed by atoms with Crippen molar-refractivity contribution in [1.82, 2.24) is 9.97 Å². The Balaban J connectivity index is 2.90. The van der Waals surface area contributed by atoms with Gasteiger partial charge in [0.25, 0.3) is 0 Å². The molecule has 4 N–H and O–H groups in total. The predicted molar refractivity (Wildman–Crippen MR) is 67.5 cm³/mol. The topological polar surface area (TPSA) is 98.1 Å². The number of primary amides is 1. The fourth-order valence-electron chi connectivity index (χ4n) is 1.55. The molecule has 0 unspecified atom stereocenters. The van der Waals surface area contributed by atoms with Crippen molar-refractivity contribution in [2.75, 3.05) is 23.7 Å². The van der Waals surface area contributed by atoms with Crippen molar-refractivity contribution in [1.29, 1.82) is 0 Å². The molecule has 0 aliphatic carbocycles. The monoisotopic (exact) mass is 237 g/mol. The molecule has 1 aromatic heterocycles. The Morgan fingerprint density at radius 2 is 2.18 bits per heavy atom. The lowest BCUT2D eigenvalue weighted by atomic mass is 10.3. The van der Waals surface area contributed by atoms with Crippen LogP contribution >= 0.6 is 0 Å². The fraction of sp³-hybridized carbons (Fsp3) is 0.545. The minimum Gasteiger partial charge on any atom is -0.384 e. The number of carbonyl (C=O) groups is 1. The van der Waals surface area contributed by atoms with Crippen molar-refractivity contribution in [3.05, 3.63) is 11.9 Å². The van der Waals surface area contributed by atoms with Crippen molar-refractivity contribution >= 4 is 17.5 Å². The number of rotatable bonds is 6. The van der Waals surface area contributed by atoms with Crippen LogP contribution in [-0.2, 0) is 4.79 Å². The van der Waals surface area contributed by atoms with Crippen LogP contribution < -0.4 is 16.4 Å². The normalized spacial score (nSPS) is 10.2. The summed E-state index contributed by atoms with van der Waals surface area (Å²) < 4.78 is 0. The predicted octanol–water partition coefficient (Wildman–Crippen LogP) is 0.459. The Morgan fingerprint density at radius 1 is 1.47 bits per heavy atom. The van der Waals surface area contributed by atoms with Crippen LogP contribution in [0.1, 0.15) is 25.6 Å². The molecular weight excluding hydrogens is 218 g/mol. The molecule has 0 saturated heterocycles. The molecule has 0 aromatic carbocycles. The fourth-order valence-corrected chi connectivity index (χ4v) is 1.55. The van der Waals surface area contributed by atoms with Gasteiger partial charge in [-0.25, -0.2) is 9.97 Å². The first-order valence-corrected chi connectivity index (χ1v) is 5.67. The number of nitrogens with two attached hydrogens (primary N) is 2. The van der Waals surface area contributed by atoms with E-state index in [0.717, 1.165) is 19.4 Å². The summed E-state index contributed by atoms with van der Waals surface area (Å²) in [6.45, 7) is 4.73. The van der Waals surface area contributed by atoms with E-state index in [1.165, 1.54) is 0 Å². The molecule has 17 heavy (non-hydrogen) atoms. The molecule has 1 aromatic rings. The zero-order chi connectivity index (χ0) is 12.8. The lowest BCUT2D eigenvalue weighted by Gasteiger charge is -2.22. The third-order valence-electron chi connectivity index (χ3n) is 2.30. The smallest absolute Gasteiger partial charge is 0.236 e. The van der Waals surface area contributed by atoms with Crippen LogP contribution in [0.5, 0.6) is 0 Å². The van der Waals surface area contributed by atoms with Crippen LogP contribution in [0, 0.1) is 6.92 Å². The summed E-state index contributed by atoms with van der Waals surface area (Å²) in [4.78, 5) is 21.1. The number of nitrogens with zero attached hydrogens (tertiary/aromatic N) is 3. The summed E-state index contributed by atoms with van der Waals surface area (Å²) >= 11 is 0. The zero-order valence-electron chi connectivity index (χ0n) is 10.3. The molecule has 1 rings (SSSR count). The van der Waals surface area contributed by atoms with Gasteiger partial charge in [0, 0.05) is 12.6 Å². The van der Waals surface area contributed by atoms with Gasteiger partial charge < -0.3 is 16.4 Å². The quantitative estimate of drug-likeness (QED) is 0.749. The van der Waals surface area contributed by atoms with E-state index in [1.54, 1.807) is 13.0 Å². The number of amides is 1. The Kier molecular flexibility index (Phi) is 4.68. The molecule has 6 nitrogen and oxygen atoms in total. The minimum atomic E-state index is -0.379. The number of unbranched alkanes of at least 4 members (excludes halogenated alkanes) is 1. The van der Waals surface area contributed by atoms with E-state index in [-0.39, 0.29) is 12.5 Å². The molecule has 1 amide bonds. The van der Waals surface area contributed by atoms with Crippen molar-refractivity contribution in [2.24, 2.45) is 5.73 Å². The van der Waals surface area contributed by atoms with Crippen molar-refractivity contribution in [3.8, 4) is 0 Å². The molecule has 94 valence electrons. The maximum absolute atomic E-state index is 11.0. The van der Waals surface area contributed by atoms with Crippen LogP contribution in [0.25, 0.3) is 0 Å². The molecular formula is C11H19N5O. The van der Waals surface area contributed by atoms with Crippen LogP contribution in [0.3, 0.4) is 0 Å². The van der Waals surface area contributed by atoms with E-state index in [1.807, 2.05) is 4.90 Å². The summed E-state index contributed by atoms with van der Waals surface area (Å²) in [6.07, 6.45) is 2.01. The molecule has 0 saturated carbocycles. The van der Waals surface area contributed by atoms with Gasteiger partial charge in [0.15, 0.2) is 0 Å². The summed E-state index contributed by atoms with van der Waals surface area (Å²) in [7, 11) is 0. The second-order valence-corrected chi connectivity index (χ2v) is 3.94. The highest BCUT2D eigenvalue weighted by Gasteiger charge is 2.11. The number of hydrogen-bond acceptors (Lipinski definition) is 5. The van der Waals surface area contributed by atoms with Crippen LogP contribution in [0.4, 0.5) is 11.6 Å². The third kappa shape index (κ3) is 4.26. The second-order valence-electron chi connectivity index (χ2n) is 3.94. The number of carbonyl (C=O) groups excluding carboxylic acids is 1. The van der Waals surface area contributed by atoms with E-state index in [9.17, 15) is 4.79 Å². The Bertz CT molecular complexity index is 373. The molecule has 0 spiro atoms. The Labute approximate surface area is 101 Å². The van der Waals surface area contributed by atoms with Gasteiger partial charge in [-0.3, -0.25) is 4.79 Å². The van der Waals surface area contributed by atoms with E-state index < -0.39 is 0 Å². The van der Waals surface area contributed by atoms with Gasteiger partial charge >= 0.3 is 0 Å². The average Bonchev–Trinajstić information content (AvgIpc) is 2.22. The first-order chi connectivity index (χ1) is 8.02. The van der Waals surface area contributed by atoms with Gasteiger partial charge in [0.05, 0.1) is 6.54 Å². The summed E-state index contributed by atoms with van der Waals surface area (Å²) in [6, 6.07) is 1.66. The standard InChI is InChI=1S/C11H19N5O/c1-3-4-5-16(7-10(13)17)11-6-9(12)14-8(2)15-11/h6H,3-5,7H2,1-2H3,(H2,13,17)(H2,12,14,15). The molecule has 0 radical (unpaired) electrons. The number of nitrogen functional groups attached to an aromatic ring is 1. The van der Waals surface area contributed by atoms with Crippen LogP contribution in [-0.4, -0.2) is 29.0 Å². The number of hydrogen-bond donors (Lipinski definition) is 2. The summed E-state index contributed by atoms with van der Waals surface area (Å²) in [5.41, 5.74) is 10.9. The zero-order valence-corrected chi connectivity index (χ0v) is 10.3. The second kappa shape index (κ2) is 6.03. The van der Waals surface area contributed by atoms with Gasteiger partial charge in [-0.1, -0.05) is 13.3 Å². The SMILES string of the molecule is CCCCN(CC(N)=O)c1cc(N)nc(C)n1. The number of anilines is 2. The van der Waals surface area contributed by atoms with E-state index in [2.05, 4.69) is 16.9 Å². The lowest BCUT2D eigenvalue weighted by molar-refractivity contribution is -0.116. The van der Waals surface area contributed by atoms with Gasteiger partial charge in [-0.2, -0.15) is 0 Å². The largest absolute Gasteiger partial charge is 0.384 e. The maximum atomic E-state index is 11.0. The number of aromatic nitrogens is 2. The van der Waals surface area contributed by atoms with E-state index in [0.29, 0.717) is 17.5 Å². The summed E-state index contributed by atoms with van der Waals surface area (Å²) in [5, 5.41) is 0. The van der Waals surface area contributed by atoms with E-state index >= 15 is 0 Å². The minimum absolute atomic E-state index is 0.149. The molecule has 0 aliphatic heterocycles. The molecule has 0 fully saturated rings. The molecule has 6 heteroatoms. The van der Waals surface area contributed by atoms with Crippen molar-refractivity contribution in [3.63, 3.8) is 0 Å². The molecule has 0 aliphatic rings. The molecule has 0 atom stereocenters. The van der Waals surface area contributed by atoms with Crippen LogP contribution in [0.15, 0.2) is 6.07 Å². The Morgan fingerprint density at radius 3 is 2.71 bits per heavy atom. The Hall–Kier alpha value is -1.85. The van der Waals surface area contributed by atoms with Crippen LogP contribution in [0.2, 0.25) is 0 Å². The maximum Gasteiger partial charge on any atom is 0.236 e. The van der Waals surface area contributed by atoms with Gasteiger partial charge in [-0.05, 0) is 13.3 Å². The first kappa shape index (κ1) is 13.2. The third-order valence-corrected chi connectivity index (χ3v) is 2.30. The molecule has 1 heterocycles. The van der Waals surface area contributed by atoms with Crippen molar-refractivity contribution < 1.29 is 4.79 Å². The highest BCUT2D eigenvalue weighted by molar-refractivity contribution is 5.79. The highest BCUT2D eigenvalue weighted by Crippen LogP contribution is 2.14. The first-order valence-electron chi connectivity index (χ1n) is 5.67. The van der Waals surface area contributed by atoms with Crippen molar-refractivity contribution in [2.45, 2.75) is 26.7 Å². The summed E-state index contributed by atoms with van der Waals surface area (Å²) in [5.74, 6) is 1.27. The molecule has 0 bridgehead atoms. The van der Waals surface area contributed by atoms with E-state index in [4.69, 9.17) is 11.5 Å². The van der Waals surface area contributed by atoms with Gasteiger partial charge in [-0.15, -0.1) is 0 Å². The van der Waals surface area contributed by atoms with Gasteiger partial charge in [0.1, 0.15) is 17.5 Å². The van der Waals surface area contributed by atoms with Gasteiger partial charge in [0.2, 0.25) is 5.91 Å². The lowest BCUT2D eigenvalue weighted by Crippen LogP contribution is -2.35.